The summed E-state index contributed by atoms with van der Waals surface area (Å²) >= 11 is 1.35. The van der Waals surface area contributed by atoms with Gasteiger partial charge in [-0.15, -0.1) is 0 Å². The van der Waals surface area contributed by atoms with E-state index in [0.29, 0.717) is 11.7 Å². The Morgan fingerprint density at radius 2 is 1.70 bits per heavy atom. The van der Waals surface area contributed by atoms with E-state index in [0.717, 1.165) is 17.5 Å². The van der Waals surface area contributed by atoms with E-state index < -0.39 is 0 Å². The number of imidazole rings is 1. The number of carbonyl (C=O) groups is 2. The van der Waals surface area contributed by atoms with Gasteiger partial charge in [0.2, 0.25) is 11.8 Å². The van der Waals surface area contributed by atoms with Crippen molar-refractivity contribution >= 4 is 34.6 Å². The summed E-state index contributed by atoms with van der Waals surface area (Å²) in [5.74, 6) is 0.118. The minimum Gasteiger partial charge on any atom is -0.355 e. The van der Waals surface area contributed by atoms with Crippen LogP contribution in [0.3, 0.4) is 0 Å². The van der Waals surface area contributed by atoms with Crippen molar-refractivity contribution in [2.45, 2.75) is 44.4 Å². The Balaban J connectivity index is 1.62. The Hall–Kier alpha value is -2.80. The van der Waals surface area contributed by atoms with Gasteiger partial charge in [-0.1, -0.05) is 54.2 Å². The molecule has 0 saturated heterocycles. The Morgan fingerprint density at radius 1 is 1.00 bits per heavy atom. The van der Waals surface area contributed by atoms with Crippen LogP contribution in [0.15, 0.2) is 59.8 Å². The fourth-order valence-corrected chi connectivity index (χ4v) is 3.93. The molecule has 3 rings (SSSR count). The maximum absolute atomic E-state index is 12.5. The molecule has 0 radical (unpaired) electrons. The molecule has 0 unspecified atom stereocenters. The molecule has 3 aromatic rings. The van der Waals surface area contributed by atoms with Crippen LogP contribution in [0.4, 0.5) is 0 Å². The third-order valence-electron chi connectivity index (χ3n) is 4.35. The number of thioether (sulfide) groups is 1. The molecule has 7 heteroatoms. The summed E-state index contributed by atoms with van der Waals surface area (Å²) in [6.45, 7) is 6.61. The molecule has 0 aliphatic rings. The zero-order valence-corrected chi connectivity index (χ0v) is 18.5. The van der Waals surface area contributed by atoms with Crippen LogP contribution in [0, 0.1) is 0 Å². The first-order valence-electron chi connectivity index (χ1n) is 10.0. The van der Waals surface area contributed by atoms with Crippen LogP contribution in [-0.4, -0.2) is 39.2 Å². The van der Waals surface area contributed by atoms with E-state index in [-0.39, 0.29) is 29.7 Å². The molecule has 0 bridgehead atoms. The minimum absolute atomic E-state index is 0.0475. The number of nitrogens with one attached hydrogen (secondary N) is 2. The summed E-state index contributed by atoms with van der Waals surface area (Å²) in [4.78, 5) is 29.4. The van der Waals surface area contributed by atoms with Gasteiger partial charge in [-0.3, -0.25) is 9.59 Å². The van der Waals surface area contributed by atoms with Gasteiger partial charge in [-0.05, 0) is 44.9 Å². The van der Waals surface area contributed by atoms with Crippen LogP contribution >= 0.6 is 11.8 Å². The standard InChI is InChI=1S/C23H28N4O2S/c1-23(2,3)26-20(28)15-27-19-12-8-7-11-18(19)25-22(27)30-16-21(29)24-14-13-17-9-5-4-6-10-17/h4-12H,13-16H2,1-3H3,(H,24,29)(H,26,28). The van der Waals surface area contributed by atoms with Crippen LogP contribution in [0.25, 0.3) is 11.0 Å². The van der Waals surface area contributed by atoms with Crippen LogP contribution in [0.1, 0.15) is 26.3 Å². The largest absolute Gasteiger partial charge is 0.355 e. The van der Waals surface area contributed by atoms with Gasteiger partial charge in [-0.25, -0.2) is 4.98 Å². The highest BCUT2D eigenvalue weighted by atomic mass is 32.2. The Kier molecular flexibility index (Phi) is 7.15. The van der Waals surface area contributed by atoms with Crippen molar-refractivity contribution in [3.63, 3.8) is 0 Å². The fraction of sp³-hybridized carbons (Fsp3) is 0.348. The zero-order chi connectivity index (χ0) is 21.6. The molecule has 0 atom stereocenters. The van der Waals surface area contributed by atoms with Crippen molar-refractivity contribution in [3.8, 4) is 0 Å². The molecular formula is C23H28N4O2S. The molecule has 0 fully saturated rings. The average molecular weight is 425 g/mol. The lowest BCUT2D eigenvalue weighted by molar-refractivity contribution is -0.123. The maximum Gasteiger partial charge on any atom is 0.240 e. The predicted molar refractivity (Wildman–Crippen MR) is 122 cm³/mol. The predicted octanol–water partition coefficient (Wildman–Crippen LogP) is 3.40. The number of benzene rings is 2. The highest BCUT2D eigenvalue weighted by Crippen LogP contribution is 2.24. The number of nitrogens with zero attached hydrogens (tertiary/aromatic N) is 2. The number of rotatable bonds is 8. The second kappa shape index (κ2) is 9.80. The van der Waals surface area contributed by atoms with Gasteiger partial charge >= 0.3 is 0 Å². The molecule has 2 aromatic carbocycles. The topological polar surface area (TPSA) is 76.0 Å². The number of hydrogen-bond donors (Lipinski definition) is 2. The molecule has 0 aliphatic heterocycles. The van der Waals surface area contributed by atoms with Crippen molar-refractivity contribution in [2.75, 3.05) is 12.3 Å². The van der Waals surface area contributed by atoms with Gasteiger partial charge in [0.15, 0.2) is 5.16 Å². The van der Waals surface area contributed by atoms with Gasteiger partial charge in [0.05, 0.1) is 16.8 Å². The summed E-state index contributed by atoms with van der Waals surface area (Å²) in [6, 6.07) is 17.8. The van der Waals surface area contributed by atoms with E-state index in [9.17, 15) is 9.59 Å². The highest BCUT2D eigenvalue weighted by Gasteiger charge is 2.18. The Bertz CT molecular complexity index is 1010. The molecule has 158 valence electrons. The minimum atomic E-state index is -0.306. The summed E-state index contributed by atoms with van der Waals surface area (Å²) in [5, 5.41) is 6.60. The average Bonchev–Trinajstić information content (AvgIpc) is 3.03. The number of aromatic nitrogens is 2. The molecular weight excluding hydrogens is 396 g/mol. The Labute approximate surface area is 181 Å². The molecule has 2 N–H and O–H groups in total. The number of carbonyl (C=O) groups excluding carboxylic acids is 2. The summed E-state index contributed by atoms with van der Waals surface area (Å²) in [7, 11) is 0. The number of fused-ring (bicyclic) bond motifs is 1. The van der Waals surface area contributed by atoms with Gasteiger partial charge in [-0.2, -0.15) is 0 Å². The molecule has 0 spiro atoms. The third kappa shape index (κ3) is 6.35. The fourth-order valence-electron chi connectivity index (χ4n) is 3.09. The van der Waals surface area contributed by atoms with E-state index in [1.54, 1.807) is 0 Å². The number of para-hydroxylation sites is 2. The van der Waals surface area contributed by atoms with E-state index in [1.165, 1.54) is 17.3 Å². The first kappa shape index (κ1) is 21.9. The van der Waals surface area contributed by atoms with Crippen LogP contribution in [0.2, 0.25) is 0 Å². The van der Waals surface area contributed by atoms with E-state index in [2.05, 4.69) is 15.6 Å². The Morgan fingerprint density at radius 3 is 2.43 bits per heavy atom. The number of amides is 2. The van der Waals surface area contributed by atoms with Crippen molar-refractivity contribution in [1.29, 1.82) is 0 Å². The quantitative estimate of drug-likeness (QED) is 0.544. The van der Waals surface area contributed by atoms with Gasteiger partial charge < -0.3 is 15.2 Å². The van der Waals surface area contributed by atoms with Crippen LogP contribution in [0.5, 0.6) is 0 Å². The summed E-state index contributed by atoms with van der Waals surface area (Å²) in [6.07, 6.45) is 0.794. The molecule has 6 nitrogen and oxygen atoms in total. The maximum atomic E-state index is 12.5. The third-order valence-corrected chi connectivity index (χ3v) is 5.32. The number of hydrogen-bond acceptors (Lipinski definition) is 4. The lowest BCUT2D eigenvalue weighted by Gasteiger charge is -2.21. The molecule has 1 heterocycles. The molecule has 0 saturated carbocycles. The normalized spacial score (nSPS) is 11.4. The van der Waals surface area contributed by atoms with Crippen LogP contribution < -0.4 is 10.6 Å². The SMILES string of the molecule is CC(C)(C)NC(=O)Cn1c(SCC(=O)NCCc2ccccc2)nc2ccccc21. The van der Waals surface area contributed by atoms with Crippen molar-refractivity contribution in [2.24, 2.45) is 0 Å². The molecule has 1 aromatic heterocycles. The van der Waals surface area contributed by atoms with Crippen molar-refractivity contribution < 1.29 is 9.59 Å². The second-order valence-electron chi connectivity index (χ2n) is 8.14. The van der Waals surface area contributed by atoms with Crippen molar-refractivity contribution in [3.05, 3.63) is 60.2 Å². The monoisotopic (exact) mass is 424 g/mol. The van der Waals surface area contributed by atoms with Gasteiger partial charge in [0.1, 0.15) is 6.54 Å². The first-order valence-corrected chi connectivity index (χ1v) is 11.0. The second-order valence-corrected chi connectivity index (χ2v) is 9.08. The summed E-state index contributed by atoms with van der Waals surface area (Å²) in [5.41, 5.74) is 2.58. The summed E-state index contributed by atoms with van der Waals surface area (Å²) < 4.78 is 1.87. The zero-order valence-electron chi connectivity index (χ0n) is 17.6. The molecule has 30 heavy (non-hydrogen) atoms. The van der Waals surface area contributed by atoms with Gasteiger partial charge in [0.25, 0.3) is 0 Å². The first-order chi connectivity index (χ1) is 14.3. The van der Waals surface area contributed by atoms with Gasteiger partial charge in [0, 0.05) is 12.1 Å². The molecule has 0 aliphatic carbocycles. The molecule has 2 amide bonds. The highest BCUT2D eigenvalue weighted by molar-refractivity contribution is 7.99. The lowest BCUT2D eigenvalue weighted by atomic mass is 10.1. The van der Waals surface area contributed by atoms with Crippen molar-refractivity contribution in [1.82, 2.24) is 20.2 Å². The smallest absolute Gasteiger partial charge is 0.240 e. The van der Waals surface area contributed by atoms with Crippen LogP contribution in [-0.2, 0) is 22.6 Å². The van der Waals surface area contributed by atoms with E-state index in [1.807, 2.05) is 79.9 Å². The lowest BCUT2D eigenvalue weighted by Crippen LogP contribution is -2.42. The van der Waals surface area contributed by atoms with E-state index in [4.69, 9.17) is 0 Å². The van der Waals surface area contributed by atoms with E-state index >= 15 is 0 Å².